The molecule has 4 nitrogen and oxygen atoms in total. The molecule has 0 fully saturated rings. The van der Waals surface area contributed by atoms with Crippen LogP contribution in [0.4, 0.5) is 11.4 Å². The van der Waals surface area contributed by atoms with Gasteiger partial charge in [-0.25, -0.2) is 0 Å². The molecular formula is C23H22BrClN2O2. The predicted octanol–water partition coefficient (Wildman–Crippen LogP) is 6.35. The van der Waals surface area contributed by atoms with Crippen LogP contribution in [0.15, 0.2) is 65.1 Å². The van der Waals surface area contributed by atoms with Crippen LogP contribution in [0.2, 0.25) is 5.02 Å². The van der Waals surface area contributed by atoms with Gasteiger partial charge in [-0.05, 0) is 82.9 Å². The van der Waals surface area contributed by atoms with Crippen molar-refractivity contribution in [1.29, 1.82) is 0 Å². The third-order valence-corrected chi connectivity index (χ3v) is 5.19. The third-order valence-electron chi connectivity index (χ3n) is 4.34. The smallest absolute Gasteiger partial charge is 0.262 e. The van der Waals surface area contributed by atoms with Crippen molar-refractivity contribution in [3.63, 3.8) is 0 Å². The van der Waals surface area contributed by atoms with Crippen LogP contribution in [0, 0.1) is 13.8 Å². The highest BCUT2D eigenvalue weighted by atomic mass is 79.9. The van der Waals surface area contributed by atoms with Crippen LogP contribution in [0.3, 0.4) is 0 Å². The monoisotopic (exact) mass is 472 g/mol. The van der Waals surface area contributed by atoms with Crippen molar-refractivity contribution in [2.45, 2.75) is 20.4 Å². The van der Waals surface area contributed by atoms with E-state index in [2.05, 4.69) is 26.6 Å². The molecule has 0 aliphatic carbocycles. The molecule has 0 saturated carbocycles. The van der Waals surface area contributed by atoms with E-state index in [0.29, 0.717) is 17.3 Å². The van der Waals surface area contributed by atoms with Crippen LogP contribution >= 0.6 is 27.5 Å². The molecule has 0 aromatic heterocycles. The van der Waals surface area contributed by atoms with Crippen molar-refractivity contribution >= 4 is 44.8 Å². The average molecular weight is 474 g/mol. The number of amides is 1. The summed E-state index contributed by atoms with van der Waals surface area (Å²) in [5.41, 5.74) is 5.06. The fraction of sp³-hybridized carbons (Fsp3) is 0.174. The van der Waals surface area contributed by atoms with Crippen LogP contribution in [-0.4, -0.2) is 12.5 Å². The first-order chi connectivity index (χ1) is 13.9. The van der Waals surface area contributed by atoms with Gasteiger partial charge in [-0.2, -0.15) is 0 Å². The molecule has 0 heterocycles. The second-order valence-electron chi connectivity index (χ2n) is 6.78. The number of ether oxygens (including phenoxy) is 1. The molecule has 3 rings (SSSR count). The summed E-state index contributed by atoms with van der Waals surface area (Å²) in [6.45, 7) is 4.60. The molecule has 0 aliphatic rings. The summed E-state index contributed by atoms with van der Waals surface area (Å²) in [7, 11) is 0. The van der Waals surface area contributed by atoms with Gasteiger partial charge < -0.3 is 15.4 Å². The van der Waals surface area contributed by atoms with E-state index >= 15 is 0 Å². The second-order valence-corrected chi connectivity index (χ2v) is 8.07. The van der Waals surface area contributed by atoms with Gasteiger partial charge in [0, 0.05) is 22.9 Å². The van der Waals surface area contributed by atoms with E-state index in [0.717, 1.165) is 32.5 Å². The molecule has 0 bridgehead atoms. The summed E-state index contributed by atoms with van der Waals surface area (Å²) in [5, 5.41) is 6.92. The van der Waals surface area contributed by atoms with E-state index in [1.807, 2.05) is 74.5 Å². The number of halogens is 2. The fourth-order valence-electron chi connectivity index (χ4n) is 2.82. The number of aryl methyl sites for hydroxylation is 2. The highest BCUT2D eigenvalue weighted by Gasteiger charge is 2.08. The third kappa shape index (κ3) is 6.24. The maximum Gasteiger partial charge on any atom is 0.262 e. The Labute approximate surface area is 184 Å². The zero-order valence-electron chi connectivity index (χ0n) is 16.3. The predicted molar refractivity (Wildman–Crippen MR) is 123 cm³/mol. The Morgan fingerprint density at radius 2 is 1.90 bits per heavy atom. The van der Waals surface area contributed by atoms with E-state index in [1.54, 1.807) is 0 Å². The summed E-state index contributed by atoms with van der Waals surface area (Å²) >= 11 is 9.59. The number of anilines is 2. The van der Waals surface area contributed by atoms with Gasteiger partial charge in [-0.3, -0.25) is 4.79 Å². The van der Waals surface area contributed by atoms with Crippen molar-refractivity contribution in [2.75, 3.05) is 17.2 Å². The number of carbonyl (C=O) groups excluding carboxylic acids is 1. The molecule has 0 spiro atoms. The molecule has 0 unspecified atom stereocenters. The van der Waals surface area contributed by atoms with Crippen LogP contribution < -0.4 is 15.4 Å². The summed E-state index contributed by atoms with van der Waals surface area (Å²) in [4.78, 5) is 12.1. The molecule has 2 N–H and O–H groups in total. The van der Waals surface area contributed by atoms with Gasteiger partial charge in [-0.15, -0.1) is 0 Å². The van der Waals surface area contributed by atoms with Crippen molar-refractivity contribution in [2.24, 2.45) is 0 Å². The minimum absolute atomic E-state index is 0.0636. The lowest BCUT2D eigenvalue weighted by Crippen LogP contribution is -2.20. The molecule has 0 aliphatic heterocycles. The van der Waals surface area contributed by atoms with Crippen molar-refractivity contribution in [1.82, 2.24) is 0 Å². The Bertz CT molecular complexity index is 1020. The van der Waals surface area contributed by atoms with Crippen LogP contribution in [0.5, 0.6) is 5.75 Å². The van der Waals surface area contributed by atoms with E-state index in [1.165, 1.54) is 0 Å². The van der Waals surface area contributed by atoms with Gasteiger partial charge in [0.15, 0.2) is 6.61 Å². The Balaban J connectivity index is 1.55. The lowest BCUT2D eigenvalue weighted by atomic mass is 10.1. The van der Waals surface area contributed by atoms with Gasteiger partial charge >= 0.3 is 0 Å². The maximum atomic E-state index is 12.1. The number of hydrogen-bond donors (Lipinski definition) is 2. The molecule has 0 radical (unpaired) electrons. The highest BCUT2D eigenvalue weighted by Crippen LogP contribution is 2.27. The number of benzene rings is 3. The molecule has 0 saturated heterocycles. The first-order valence-electron chi connectivity index (χ1n) is 9.18. The lowest BCUT2D eigenvalue weighted by molar-refractivity contribution is -0.118. The minimum Gasteiger partial charge on any atom is -0.483 e. The lowest BCUT2D eigenvalue weighted by Gasteiger charge is -2.12. The first kappa shape index (κ1) is 21.2. The molecule has 1 amide bonds. The highest BCUT2D eigenvalue weighted by molar-refractivity contribution is 9.10. The molecular weight excluding hydrogens is 452 g/mol. The Morgan fingerprint density at radius 1 is 1.07 bits per heavy atom. The summed E-state index contributed by atoms with van der Waals surface area (Å²) < 4.78 is 6.45. The van der Waals surface area contributed by atoms with E-state index in [9.17, 15) is 4.79 Å². The zero-order chi connectivity index (χ0) is 20.8. The summed E-state index contributed by atoms with van der Waals surface area (Å²) in [6, 6.07) is 19.2. The topological polar surface area (TPSA) is 50.4 Å². The van der Waals surface area contributed by atoms with E-state index < -0.39 is 0 Å². The molecule has 29 heavy (non-hydrogen) atoms. The normalized spacial score (nSPS) is 10.5. The zero-order valence-corrected chi connectivity index (χ0v) is 18.6. The quantitative estimate of drug-likeness (QED) is 0.420. The molecule has 3 aromatic carbocycles. The van der Waals surface area contributed by atoms with E-state index in [4.69, 9.17) is 16.3 Å². The molecule has 0 atom stereocenters. The van der Waals surface area contributed by atoms with Gasteiger partial charge in [0.25, 0.3) is 5.91 Å². The van der Waals surface area contributed by atoms with Crippen LogP contribution in [0.1, 0.15) is 16.7 Å². The Hall–Kier alpha value is -2.50. The van der Waals surface area contributed by atoms with E-state index in [-0.39, 0.29) is 12.5 Å². The van der Waals surface area contributed by atoms with Crippen molar-refractivity contribution in [3.05, 3.63) is 86.8 Å². The molecule has 6 heteroatoms. The number of carbonyl (C=O) groups is 1. The maximum absolute atomic E-state index is 12.1. The van der Waals surface area contributed by atoms with Crippen LogP contribution in [-0.2, 0) is 11.3 Å². The van der Waals surface area contributed by atoms with Crippen molar-refractivity contribution in [3.8, 4) is 5.75 Å². The Kier molecular flexibility index (Phi) is 7.18. The first-order valence-corrected chi connectivity index (χ1v) is 10.4. The number of rotatable bonds is 7. The van der Waals surface area contributed by atoms with Gasteiger partial charge in [0.05, 0.1) is 4.47 Å². The molecule has 3 aromatic rings. The number of hydrogen-bond acceptors (Lipinski definition) is 3. The SMILES string of the molecule is Cc1cccc(NC(=O)COc2ccc(CNc3cc(Cl)ccc3C)cc2Br)c1. The standard InChI is InChI=1S/C23H22BrClN2O2/c1-15-4-3-5-19(10-15)27-23(28)14-29-22-9-7-17(11-20(22)24)13-26-21-12-18(25)8-6-16(21)2/h3-12,26H,13-14H2,1-2H3,(H,27,28). The second kappa shape index (κ2) is 9.81. The minimum atomic E-state index is -0.204. The molecule has 150 valence electrons. The average Bonchev–Trinajstić information content (AvgIpc) is 2.68. The van der Waals surface area contributed by atoms with Gasteiger partial charge in [0.1, 0.15) is 5.75 Å². The Morgan fingerprint density at radius 3 is 2.66 bits per heavy atom. The largest absolute Gasteiger partial charge is 0.483 e. The summed E-state index contributed by atoms with van der Waals surface area (Å²) in [6.07, 6.45) is 0. The fourth-order valence-corrected chi connectivity index (χ4v) is 3.53. The van der Waals surface area contributed by atoms with Crippen molar-refractivity contribution < 1.29 is 9.53 Å². The van der Waals surface area contributed by atoms with Gasteiger partial charge in [0.2, 0.25) is 0 Å². The number of nitrogens with one attached hydrogen (secondary N) is 2. The summed E-state index contributed by atoms with van der Waals surface area (Å²) in [5.74, 6) is 0.414. The van der Waals surface area contributed by atoms with Crippen LogP contribution in [0.25, 0.3) is 0 Å². The van der Waals surface area contributed by atoms with Gasteiger partial charge in [-0.1, -0.05) is 35.9 Å².